The maximum Gasteiger partial charge on any atom is 0.0149 e. The lowest BCUT2D eigenvalue weighted by Crippen LogP contribution is -2.50. The highest BCUT2D eigenvalue weighted by molar-refractivity contribution is 8.00. The van der Waals surface area contributed by atoms with Crippen molar-refractivity contribution in [2.45, 2.75) is 51.2 Å². The first kappa shape index (κ1) is 14.3. The average Bonchev–Trinajstić information content (AvgIpc) is 2.13. The van der Waals surface area contributed by atoms with Crippen LogP contribution >= 0.6 is 11.8 Å². The van der Waals surface area contributed by atoms with Crippen molar-refractivity contribution in [3.8, 4) is 0 Å². The molecule has 1 aliphatic rings. The molecule has 0 amide bonds. The fraction of sp³-hybridized carbons (Fsp3) is 1.00. The summed E-state index contributed by atoms with van der Waals surface area (Å²) in [5.41, 5.74) is 0.343. The molecule has 0 spiro atoms. The van der Waals surface area contributed by atoms with Crippen molar-refractivity contribution in [2.24, 2.45) is 5.41 Å². The number of hydrogen-bond acceptors (Lipinski definition) is 3. The van der Waals surface area contributed by atoms with Crippen LogP contribution in [-0.2, 0) is 0 Å². The van der Waals surface area contributed by atoms with E-state index in [2.05, 4.69) is 63.6 Å². The Morgan fingerprint density at radius 1 is 1.31 bits per heavy atom. The van der Waals surface area contributed by atoms with E-state index in [1.807, 2.05) is 0 Å². The van der Waals surface area contributed by atoms with E-state index in [1.54, 1.807) is 0 Å². The highest BCUT2D eigenvalue weighted by Crippen LogP contribution is 2.28. The third-order valence-corrected chi connectivity index (χ3v) is 4.96. The molecule has 0 aromatic rings. The Bertz CT molecular complexity index is 208. The standard InChI is InChI=1S/C13H28N2S/c1-10-7-15(8-11(2)16-10)9-13(4,5)12(3)14-6/h10-12,14H,7-9H2,1-6H3. The van der Waals surface area contributed by atoms with Crippen LogP contribution in [0.1, 0.15) is 34.6 Å². The number of thioether (sulfide) groups is 1. The zero-order valence-electron chi connectivity index (χ0n) is 11.7. The highest BCUT2D eigenvalue weighted by atomic mass is 32.2. The lowest BCUT2D eigenvalue weighted by Gasteiger charge is -2.41. The van der Waals surface area contributed by atoms with Gasteiger partial charge in [0.05, 0.1) is 0 Å². The average molecular weight is 244 g/mol. The summed E-state index contributed by atoms with van der Waals surface area (Å²) >= 11 is 2.13. The van der Waals surface area contributed by atoms with Gasteiger partial charge in [0.2, 0.25) is 0 Å². The second-order valence-corrected chi connectivity index (χ2v) is 7.83. The Kier molecular flexibility index (Phi) is 5.14. The maximum atomic E-state index is 3.39. The van der Waals surface area contributed by atoms with Crippen molar-refractivity contribution in [2.75, 3.05) is 26.7 Å². The Morgan fingerprint density at radius 2 is 1.81 bits per heavy atom. The van der Waals surface area contributed by atoms with Crippen molar-refractivity contribution < 1.29 is 0 Å². The van der Waals surface area contributed by atoms with Gasteiger partial charge in [0.15, 0.2) is 0 Å². The van der Waals surface area contributed by atoms with E-state index >= 15 is 0 Å². The number of nitrogens with one attached hydrogen (secondary N) is 1. The fourth-order valence-electron chi connectivity index (χ4n) is 2.52. The van der Waals surface area contributed by atoms with Crippen LogP contribution in [-0.4, -0.2) is 48.1 Å². The van der Waals surface area contributed by atoms with Crippen molar-refractivity contribution in [1.29, 1.82) is 0 Å². The first-order chi connectivity index (χ1) is 7.35. The molecule has 3 heteroatoms. The maximum absolute atomic E-state index is 3.39. The van der Waals surface area contributed by atoms with E-state index < -0.39 is 0 Å². The Labute approximate surface area is 106 Å². The van der Waals surface area contributed by atoms with Gasteiger partial charge < -0.3 is 10.2 Å². The molecule has 0 aliphatic carbocycles. The van der Waals surface area contributed by atoms with Gasteiger partial charge in [0, 0.05) is 36.2 Å². The van der Waals surface area contributed by atoms with Gasteiger partial charge in [-0.1, -0.05) is 27.7 Å². The smallest absolute Gasteiger partial charge is 0.0149 e. The van der Waals surface area contributed by atoms with Crippen LogP contribution in [0.2, 0.25) is 0 Å². The van der Waals surface area contributed by atoms with Crippen LogP contribution in [0.4, 0.5) is 0 Å². The molecule has 96 valence electrons. The first-order valence-corrected chi connectivity index (χ1v) is 7.34. The van der Waals surface area contributed by atoms with Crippen molar-refractivity contribution >= 4 is 11.8 Å². The largest absolute Gasteiger partial charge is 0.317 e. The van der Waals surface area contributed by atoms with Crippen LogP contribution < -0.4 is 5.32 Å². The Balaban J connectivity index is 2.52. The minimum absolute atomic E-state index is 0.343. The van der Waals surface area contributed by atoms with Gasteiger partial charge in [0.25, 0.3) is 0 Å². The minimum atomic E-state index is 0.343. The summed E-state index contributed by atoms with van der Waals surface area (Å²) in [4.78, 5) is 2.64. The van der Waals surface area contributed by atoms with Gasteiger partial charge in [-0.25, -0.2) is 0 Å². The van der Waals surface area contributed by atoms with Crippen LogP contribution in [0.5, 0.6) is 0 Å². The third-order valence-electron chi connectivity index (χ3n) is 3.73. The molecular formula is C13H28N2S. The van der Waals surface area contributed by atoms with E-state index in [-0.39, 0.29) is 0 Å². The molecule has 0 bridgehead atoms. The molecule has 1 N–H and O–H groups in total. The summed E-state index contributed by atoms with van der Waals surface area (Å²) in [6.07, 6.45) is 0. The predicted molar refractivity (Wildman–Crippen MR) is 75.3 cm³/mol. The van der Waals surface area contributed by atoms with E-state index in [9.17, 15) is 0 Å². The van der Waals surface area contributed by atoms with E-state index in [1.165, 1.54) is 19.6 Å². The second-order valence-electron chi connectivity index (χ2n) is 5.95. The molecule has 3 unspecified atom stereocenters. The van der Waals surface area contributed by atoms with Gasteiger partial charge in [-0.05, 0) is 19.4 Å². The number of nitrogens with zero attached hydrogens (tertiary/aromatic N) is 1. The van der Waals surface area contributed by atoms with Crippen LogP contribution in [0, 0.1) is 5.41 Å². The normalized spacial score (nSPS) is 30.4. The minimum Gasteiger partial charge on any atom is -0.317 e. The molecule has 0 aromatic carbocycles. The van der Waals surface area contributed by atoms with Crippen molar-refractivity contribution in [3.63, 3.8) is 0 Å². The molecule has 0 saturated carbocycles. The first-order valence-electron chi connectivity index (χ1n) is 6.40. The molecule has 3 atom stereocenters. The Hall–Kier alpha value is 0.270. The number of rotatable bonds is 4. The predicted octanol–water partition coefficient (Wildman–Crippen LogP) is 2.45. The Morgan fingerprint density at radius 3 is 2.25 bits per heavy atom. The monoisotopic (exact) mass is 244 g/mol. The molecular weight excluding hydrogens is 216 g/mol. The summed E-state index contributed by atoms with van der Waals surface area (Å²) in [7, 11) is 2.06. The van der Waals surface area contributed by atoms with Gasteiger partial charge in [0.1, 0.15) is 0 Å². The molecule has 1 saturated heterocycles. The van der Waals surface area contributed by atoms with Gasteiger partial charge in [-0.2, -0.15) is 11.8 Å². The highest BCUT2D eigenvalue weighted by Gasteiger charge is 2.30. The van der Waals surface area contributed by atoms with Crippen molar-refractivity contribution in [1.82, 2.24) is 10.2 Å². The summed E-state index contributed by atoms with van der Waals surface area (Å²) in [5, 5.41) is 4.95. The third kappa shape index (κ3) is 3.94. The number of hydrogen-bond donors (Lipinski definition) is 1. The van der Waals surface area contributed by atoms with Crippen LogP contribution in [0.15, 0.2) is 0 Å². The van der Waals surface area contributed by atoms with Crippen molar-refractivity contribution in [3.05, 3.63) is 0 Å². The molecule has 2 nitrogen and oxygen atoms in total. The molecule has 1 heterocycles. The molecule has 0 aromatic heterocycles. The topological polar surface area (TPSA) is 15.3 Å². The zero-order valence-corrected chi connectivity index (χ0v) is 12.5. The zero-order chi connectivity index (χ0) is 12.3. The second kappa shape index (κ2) is 5.74. The molecule has 0 radical (unpaired) electrons. The van der Waals surface area contributed by atoms with Crippen LogP contribution in [0.3, 0.4) is 0 Å². The quantitative estimate of drug-likeness (QED) is 0.818. The lowest BCUT2D eigenvalue weighted by molar-refractivity contribution is 0.144. The van der Waals surface area contributed by atoms with Gasteiger partial charge >= 0.3 is 0 Å². The van der Waals surface area contributed by atoms with Crippen LogP contribution in [0.25, 0.3) is 0 Å². The van der Waals surface area contributed by atoms with Gasteiger partial charge in [-0.15, -0.1) is 0 Å². The SMILES string of the molecule is CNC(C)C(C)(C)CN1CC(C)SC(C)C1. The summed E-state index contributed by atoms with van der Waals surface area (Å²) in [6, 6.07) is 0.563. The van der Waals surface area contributed by atoms with Gasteiger partial charge in [-0.3, -0.25) is 0 Å². The molecule has 1 fully saturated rings. The lowest BCUT2D eigenvalue weighted by atomic mass is 9.84. The molecule has 16 heavy (non-hydrogen) atoms. The summed E-state index contributed by atoms with van der Waals surface area (Å²) in [5.74, 6) is 0. The van der Waals surface area contributed by atoms with E-state index in [0.717, 1.165) is 10.5 Å². The summed E-state index contributed by atoms with van der Waals surface area (Å²) in [6.45, 7) is 15.4. The van der Waals surface area contributed by atoms with E-state index in [4.69, 9.17) is 0 Å². The molecule has 1 rings (SSSR count). The summed E-state index contributed by atoms with van der Waals surface area (Å²) < 4.78 is 0. The molecule has 1 aliphatic heterocycles. The van der Waals surface area contributed by atoms with E-state index in [0.29, 0.717) is 11.5 Å². The fourth-order valence-corrected chi connectivity index (χ4v) is 3.90.